The van der Waals surface area contributed by atoms with Gasteiger partial charge in [0.1, 0.15) is 0 Å². The summed E-state index contributed by atoms with van der Waals surface area (Å²) in [4.78, 5) is 19.9. The van der Waals surface area contributed by atoms with E-state index in [-0.39, 0.29) is 46.0 Å². The first-order valence-electron chi connectivity index (χ1n) is 28.1. The van der Waals surface area contributed by atoms with Crippen molar-refractivity contribution in [2.24, 2.45) is 0 Å². The Morgan fingerprint density at radius 1 is 0.402 bits per heavy atom. The van der Waals surface area contributed by atoms with E-state index in [0.29, 0.717) is 0 Å². The number of aliphatic hydroxyl groups is 1. The molecule has 2 heterocycles. The van der Waals surface area contributed by atoms with Gasteiger partial charge in [0.25, 0.3) is 0 Å². The molecule has 4 nitrogen and oxygen atoms in total. The molecular formula is C75H75B2N2O2Pt-. The summed E-state index contributed by atoms with van der Waals surface area (Å²) in [6.07, 6.45) is 5.32. The summed E-state index contributed by atoms with van der Waals surface area (Å²) < 4.78 is 0. The number of aryl methyl sites for hydroxylation is 12. The summed E-state index contributed by atoms with van der Waals surface area (Å²) in [5.41, 5.74) is 32.8. The molecule has 10 rings (SSSR count). The van der Waals surface area contributed by atoms with Gasteiger partial charge >= 0.3 is 0 Å². The van der Waals surface area contributed by atoms with Gasteiger partial charge in [-0.3, -0.25) is 9.78 Å². The summed E-state index contributed by atoms with van der Waals surface area (Å²) >= 11 is 0. The minimum Gasteiger partial charge on any atom is -0.512 e. The van der Waals surface area contributed by atoms with Crippen LogP contribution in [0.15, 0.2) is 200 Å². The molecule has 0 saturated carbocycles. The Morgan fingerprint density at radius 2 is 0.720 bits per heavy atom. The molecule has 1 N–H and O–H groups in total. The van der Waals surface area contributed by atoms with Crippen LogP contribution in [0.4, 0.5) is 0 Å². The molecule has 0 radical (unpaired) electrons. The molecule has 8 aromatic carbocycles. The summed E-state index contributed by atoms with van der Waals surface area (Å²) in [5.74, 6) is -0.0625. The summed E-state index contributed by atoms with van der Waals surface area (Å²) in [6.45, 7) is 29.8. The fourth-order valence-electron chi connectivity index (χ4n) is 12.2. The minimum absolute atomic E-state index is 0. The Hall–Kier alpha value is -7.91. The minimum atomic E-state index is -0.125. The smallest absolute Gasteiger partial charge is 0.244 e. The SMILES string of the molecule is CC(=O)C=C(C)O.Cc1cc(C)c(B(c2ccc(-c3[c-]cc(-c4ccccc4)cc3)nc2)c2c(C)cc(C)cc2C)c(C)c1.Cc1cc(C)c(B(c2ccc(-c3ccc(-c4ccccc4)cc3)nc2)c2c(C)cc(C)cc2C)c(C)c1.[Pt]. The van der Waals surface area contributed by atoms with E-state index in [1.54, 1.807) is 0 Å². The second-order valence-corrected chi connectivity index (χ2v) is 22.3. The maximum atomic E-state index is 10.0. The Labute approximate surface area is 504 Å². The van der Waals surface area contributed by atoms with E-state index < -0.39 is 0 Å². The first-order valence-corrected chi connectivity index (χ1v) is 28.1. The Kier molecular flexibility index (Phi) is 20.8. The van der Waals surface area contributed by atoms with Crippen LogP contribution in [-0.4, -0.2) is 34.3 Å². The van der Waals surface area contributed by atoms with Crippen LogP contribution in [0, 0.1) is 89.2 Å². The number of benzene rings is 8. The van der Waals surface area contributed by atoms with Gasteiger partial charge in [0, 0.05) is 45.1 Å². The number of allylic oxidation sites excluding steroid dienone is 2. The fourth-order valence-corrected chi connectivity index (χ4v) is 12.2. The van der Waals surface area contributed by atoms with Crippen molar-refractivity contribution < 1.29 is 31.0 Å². The standard InChI is InChI=1S/C35H34BN.C35H33BN.C5H8O2.Pt/c2*1-23-18-25(3)34(26(4)19-23)36(35-27(5)20-24(2)21-28(35)6)32-16-17-33(37-22-32)31-14-12-30(13-15-31)29-10-8-7-9-11-29;1-4(6)3-5(2)7;/h7-22H,1-6H3;7-14,16-22H,1-6H3;3,6H,1-2H3;/q;-1;;. The van der Waals surface area contributed by atoms with Crippen LogP contribution in [0.1, 0.15) is 80.6 Å². The molecule has 414 valence electrons. The molecule has 0 spiro atoms. The third kappa shape index (κ3) is 15.0. The van der Waals surface area contributed by atoms with Crippen molar-refractivity contribution in [1.29, 1.82) is 0 Å². The quantitative estimate of drug-likeness (QED) is 0.0607. The zero-order valence-electron chi connectivity index (χ0n) is 50.2. The third-order valence-corrected chi connectivity index (χ3v) is 15.2. The number of carbonyl (C=O) groups excluding carboxylic acids is 1. The van der Waals surface area contributed by atoms with Crippen LogP contribution < -0.4 is 32.8 Å². The number of aromatic nitrogens is 2. The van der Waals surface area contributed by atoms with Crippen molar-refractivity contribution in [3.8, 4) is 44.8 Å². The first-order chi connectivity index (χ1) is 38.8. The fraction of sp³-hybridized carbons (Fsp3) is 0.187. The van der Waals surface area contributed by atoms with Gasteiger partial charge in [0.05, 0.1) is 11.5 Å². The van der Waals surface area contributed by atoms with E-state index in [1.807, 2.05) is 6.07 Å². The van der Waals surface area contributed by atoms with Crippen molar-refractivity contribution in [1.82, 2.24) is 9.97 Å². The molecule has 0 fully saturated rings. The van der Waals surface area contributed by atoms with E-state index in [9.17, 15) is 4.79 Å². The first kappa shape index (κ1) is 61.7. The number of aliphatic hydroxyl groups excluding tert-OH is 1. The molecule has 7 heteroatoms. The molecule has 0 bridgehead atoms. The van der Waals surface area contributed by atoms with E-state index in [4.69, 9.17) is 15.1 Å². The molecule has 0 atom stereocenters. The van der Waals surface area contributed by atoms with Gasteiger partial charge in [-0.1, -0.05) is 262 Å². The average Bonchev–Trinajstić information content (AvgIpc) is 3.60. The largest absolute Gasteiger partial charge is 0.512 e. The van der Waals surface area contributed by atoms with Crippen molar-refractivity contribution in [3.63, 3.8) is 0 Å². The summed E-state index contributed by atoms with van der Waals surface area (Å²) in [7, 11) is 0. The number of carbonyl (C=O) groups is 1. The van der Waals surface area contributed by atoms with E-state index in [0.717, 1.165) is 28.1 Å². The number of hydrogen-bond donors (Lipinski definition) is 1. The third-order valence-electron chi connectivity index (χ3n) is 15.2. The Balaban J connectivity index is 0.000000209. The average molecular weight is 1250 g/mol. The van der Waals surface area contributed by atoms with Gasteiger partial charge in [-0.15, -0.1) is 29.8 Å². The van der Waals surface area contributed by atoms with Crippen LogP contribution in [0.2, 0.25) is 0 Å². The Morgan fingerprint density at radius 3 is 1.01 bits per heavy atom. The summed E-state index contributed by atoms with van der Waals surface area (Å²) in [6, 6.07) is 66.7. The van der Waals surface area contributed by atoms with E-state index in [2.05, 4.69) is 271 Å². The van der Waals surface area contributed by atoms with Crippen molar-refractivity contribution in [2.45, 2.75) is 96.9 Å². The van der Waals surface area contributed by atoms with E-state index >= 15 is 0 Å². The molecule has 0 amide bonds. The molecule has 82 heavy (non-hydrogen) atoms. The second-order valence-electron chi connectivity index (χ2n) is 22.3. The zero-order chi connectivity index (χ0) is 58.1. The second kappa shape index (κ2) is 27.7. The van der Waals surface area contributed by atoms with Crippen LogP contribution >= 0.6 is 0 Å². The van der Waals surface area contributed by atoms with Crippen LogP contribution in [0.3, 0.4) is 0 Å². The number of rotatable bonds is 11. The molecular weight excluding hydrogens is 1180 g/mol. The molecule has 0 aliphatic heterocycles. The van der Waals surface area contributed by atoms with Gasteiger partial charge in [-0.05, 0) is 120 Å². The summed E-state index contributed by atoms with van der Waals surface area (Å²) in [5, 5.41) is 8.36. The van der Waals surface area contributed by atoms with Crippen molar-refractivity contribution in [2.75, 3.05) is 0 Å². The van der Waals surface area contributed by atoms with Gasteiger partial charge < -0.3 is 10.1 Å². The number of hydrogen-bond acceptors (Lipinski definition) is 4. The Bertz CT molecular complexity index is 3400. The number of ketones is 1. The molecule has 0 aliphatic carbocycles. The van der Waals surface area contributed by atoms with Crippen molar-refractivity contribution >= 4 is 52.0 Å². The monoisotopic (exact) mass is 1250 g/mol. The predicted molar refractivity (Wildman–Crippen MR) is 348 cm³/mol. The molecule has 10 aromatic rings. The van der Waals surface area contributed by atoms with Crippen LogP contribution in [0.5, 0.6) is 0 Å². The number of nitrogens with zero attached hydrogens (tertiary/aromatic N) is 2. The molecule has 0 saturated heterocycles. The maximum Gasteiger partial charge on any atom is 0.244 e. The number of pyridine rings is 2. The van der Waals surface area contributed by atoms with Crippen LogP contribution in [0.25, 0.3) is 44.8 Å². The van der Waals surface area contributed by atoms with Crippen LogP contribution in [-0.2, 0) is 25.9 Å². The zero-order valence-corrected chi connectivity index (χ0v) is 52.5. The van der Waals surface area contributed by atoms with Gasteiger partial charge in [0.2, 0.25) is 13.4 Å². The van der Waals surface area contributed by atoms with Crippen molar-refractivity contribution in [3.05, 3.63) is 273 Å². The van der Waals surface area contributed by atoms with Gasteiger partial charge in [0.15, 0.2) is 5.78 Å². The molecule has 2 aromatic heterocycles. The maximum absolute atomic E-state index is 10.0. The van der Waals surface area contributed by atoms with Gasteiger partial charge in [-0.25, -0.2) is 0 Å². The normalized spacial score (nSPS) is 10.9. The predicted octanol–water partition coefficient (Wildman–Crippen LogP) is 14.4. The molecule has 0 unspecified atom stereocenters. The topological polar surface area (TPSA) is 63.1 Å². The van der Waals surface area contributed by atoms with E-state index in [1.165, 1.54) is 136 Å². The molecule has 0 aliphatic rings. The van der Waals surface area contributed by atoms with Gasteiger partial charge in [-0.2, -0.15) is 0 Å².